The van der Waals surface area contributed by atoms with E-state index in [0.717, 1.165) is 22.6 Å². The first-order valence-electron chi connectivity index (χ1n) is 9.45. The molecule has 0 aliphatic heterocycles. The number of benzene rings is 2. The van der Waals surface area contributed by atoms with E-state index in [9.17, 15) is 4.79 Å². The normalized spacial score (nSPS) is 11.9. The molecule has 1 unspecified atom stereocenters. The Kier molecular flexibility index (Phi) is 6.59. The van der Waals surface area contributed by atoms with E-state index in [1.807, 2.05) is 73.9 Å². The van der Waals surface area contributed by atoms with Gasteiger partial charge in [-0.3, -0.25) is 9.36 Å². The second-order valence-electron chi connectivity index (χ2n) is 7.07. The van der Waals surface area contributed by atoms with Crippen LogP contribution in [0.15, 0.2) is 53.7 Å². The summed E-state index contributed by atoms with van der Waals surface area (Å²) in [5.74, 6) is 1.58. The van der Waals surface area contributed by atoms with Gasteiger partial charge in [0.1, 0.15) is 12.4 Å². The first kappa shape index (κ1) is 20.9. The quantitative estimate of drug-likeness (QED) is 0.550. The Labute approximate surface area is 175 Å². The number of rotatable bonds is 7. The van der Waals surface area contributed by atoms with Crippen molar-refractivity contribution in [2.24, 2.45) is 0 Å². The lowest BCUT2D eigenvalue weighted by Crippen LogP contribution is -2.29. The molecule has 0 aliphatic carbocycles. The van der Waals surface area contributed by atoms with Crippen molar-refractivity contribution < 1.29 is 9.53 Å². The third-order valence-corrected chi connectivity index (χ3v) is 5.57. The van der Waals surface area contributed by atoms with Crippen LogP contribution in [0.1, 0.15) is 23.9 Å². The number of hydrogen-bond donors (Lipinski definition) is 0. The molecular formula is C22H26N4O2S. The van der Waals surface area contributed by atoms with Crippen LogP contribution in [-0.2, 0) is 11.4 Å². The molecule has 7 heteroatoms. The molecule has 0 fully saturated rings. The molecule has 0 aliphatic rings. The summed E-state index contributed by atoms with van der Waals surface area (Å²) in [5, 5.41) is 9.11. The molecule has 0 saturated heterocycles. The number of aromatic nitrogens is 3. The molecule has 0 N–H and O–H groups in total. The van der Waals surface area contributed by atoms with Crippen molar-refractivity contribution >= 4 is 17.7 Å². The molecule has 1 atom stereocenters. The Balaban J connectivity index is 1.91. The number of hydrogen-bond acceptors (Lipinski definition) is 5. The zero-order valence-corrected chi connectivity index (χ0v) is 18.2. The minimum Gasteiger partial charge on any atom is -0.485 e. The first-order valence-corrected chi connectivity index (χ1v) is 10.3. The van der Waals surface area contributed by atoms with Gasteiger partial charge in [-0.1, -0.05) is 48.2 Å². The maximum atomic E-state index is 12.3. The number of para-hydroxylation sites is 2. The van der Waals surface area contributed by atoms with Crippen LogP contribution in [-0.4, -0.2) is 44.9 Å². The lowest BCUT2D eigenvalue weighted by molar-refractivity contribution is -0.127. The first-order chi connectivity index (χ1) is 13.9. The highest BCUT2D eigenvalue weighted by molar-refractivity contribution is 8.00. The fourth-order valence-electron chi connectivity index (χ4n) is 3.04. The van der Waals surface area contributed by atoms with Gasteiger partial charge >= 0.3 is 0 Å². The van der Waals surface area contributed by atoms with Crippen molar-refractivity contribution in [1.82, 2.24) is 19.7 Å². The van der Waals surface area contributed by atoms with Crippen LogP contribution in [0.25, 0.3) is 5.69 Å². The second-order valence-corrected chi connectivity index (χ2v) is 8.38. The molecule has 0 radical (unpaired) electrons. The Bertz CT molecular complexity index is 965. The molecule has 2 aromatic carbocycles. The van der Waals surface area contributed by atoms with Gasteiger partial charge in [0, 0.05) is 19.8 Å². The minimum atomic E-state index is -0.274. The van der Waals surface area contributed by atoms with Gasteiger partial charge in [0.05, 0.1) is 5.25 Å². The van der Waals surface area contributed by atoms with Crippen molar-refractivity contribution in [3.63, 3.8) is 0 Å². The summed E-state index contributed by atoms with van der Waals surface area (Å²) >= 11 is 1.39. The van der Waals surface area contributed by atoms with Gasteiger partial charge in [-0.2, -0.15) is 0 Å². The average molecular weight is 411 g/mol. The predicted octanol–water partition coefficient (Wildman–Crippen LogP) is 4.03. The fraction of sp³-hybridized carbons (Fsp3) is 0.318. The van der Waals surface area contributed by atoms with Crippen molar-refractivity contribution in [3.05, 3.63) is 65.5 Å². The Morgan fingerprint density at radius 1 is 1.07 bits per heavy atom. The molecule has 152 valence electrons. The summed E-state index contributed by atoms with van der Waals surface area (Å²) in [7, 11) is 3.51. The van der Waals surface area contributed by atoms with Gasteiger partial charge in [0.2, 0.25) is 5.91 Å². The minimum absolute atomic E-state index is 0.0333. The molecule has 0 saturated carbocycles. The van der Waals surface area contributed by atoms with Crippen LogP contribution in [0.3, 0.4) is 0 Å². The van der Waals surface area contributed by atoms with Crippen LogP contribution < -0.4 is 4.74 Å². The second kappa shape index (κ2) is 9.13. The summed E-state index contributed by atoms with van der Waals surface area (Å²) in [6.45, 7) is 6.22. The molecular weight excluding hydrogens is 384 g/mol. The van der Waals surface area contributed by atoms with Crippen molar-refractivity contribution in [1.29, 1.82) is 0 Å². The van der Waals surface area contributed by atoms with Crippen LogP contribution in [0.2, 0.25) is 0 Å². The molecule has 1 heterocycles. The SMILES string of the molecule is Cc1cccc(C)c1OCc1nnc(SC(C)C(=O)N(C)C)n1-c1ccccc1. The molecule has 3 aromatic rings. The van der Waals surface area contributed by atoms with Gasteiger partial charge in [0.15, 0.2) is 11.0 Å². The predicted molar refractivity (Wildman–Crippen MR) is 116 cm³/mol. The molecule has 1 aromatic heterocycles. The van der Waals surface area contributed by atoms with Gasteiger partial charge < -0.3 is 9.64 Å². The smallest absolute Gasteiger partial charge is 0.235 e. The number of ether oxygens (including phenoxy) is 1. The van der Waals surface area contributed by atoms with E-state index in [1.54, 1.807) is 19.0 Å². The topological polar surface area (TPSA) is 60.3 Å². The molecule has 29 heavy (non-hydrogen) atoms. The van der Waals surface area contributed by atoms with Crippen molar-refractivity contribution in [2.75, 3.05) is 14.1 Å². The Morgan fingerprint density at radius 3 is 2.34 bits per heavy atom. The Hall–Kier alpha value is -2.80. The third-order valence-electron chi connectivity index (χ3n) is 4.54. The van der Waals surface area contributed by atoms with E-state index in [1.165, 1.54) is 11.8 Å². The van der Waals surface area contributed by atoms with E-state index in [0.29, 0.717) is 11.0 Å². The van der Waals surface area contributed by atoms with E-state index >= 15 is 0 Å². The van der Waals surface area contributed by atoms with Gasteiger partial charge in [-0.15, -0.1) is 10.2 Å². The molecule has 3 rings (SSSR count). The number of nitrogens with zero attached hydrogens (tertiary/aromatic N) is 4. The largest absolute Gasteiger partial charge is 0.485 e. The van der Waals surface area contributed by atoms with E-state index in [4.69, 9.17) is 4.74 Å². The van der Waals surface area contributed by atoms with Gasteiger partial charge in [0.25, 0.3) is 0 Å². The Morgan fingerprint density at radius 2 is 1.72 bits per heavy atom. The van der Waals surface area contributed by atoms with E-state index in [-0.39, 0.29) is 17.8 Å². The van der Waals surface area contributed by atoms with Gasteiger partial charge in [-0.25, -0.2) is 0 Å². The fourth-order valence-corrected chi connectivity index (χ4v) is 4.07. The molecule has 0 spiro atoms. The lowest BCUT2D eigenvalue weighted by Gasteiger charge is -2.17. The highest BCUT2D eigenvalue weighted by atomic mass is 32.2. The number of carbonyl (C=O) groups excluding carboxylic acids is 1. The van der Waals surface area contributed by atoms with E-state index in [2.05, 4.69) is 10.2 Å². The maximum Gasteiger partial charge on any atom is 0.235 e. The van der Waals surface area contributed by atoms with Crippen molar-refractivity contribution in [2.45, 2.75) is 37.8 Å². The summed E-state index contributed by atoms with van der Waals surface area (Å²) < 4.78 is 8.07. The summed E-state index contributed by atoms with van der Waals surface area (Å²) in [6, 6.07) is 16.0. The zero-order chi connectivity index (χ0) is 21.0. The number of aryl methyl sites for hydroxylation is 2. The van der Waals surface area contributed by atoms with Crippen LogP contribution in [0, 0.1) is 13.8 Å². The molecule has 1 amide bonds. The monoisotopic (exact) mass is 410 g/mol. The number of amides is 1. The molecule has 6 nitrogen and oxygen atoms in total. The summed E-state index contributed by atoms with van der Waals surface area (Å²) in [6.07, 6.45) is 0. The van der Waals surface area contributed by atoms with Crippen molar-refractivity contribution in [3.8, 4) is 11.4 Å². The summed E-state index contributed by atoms with van der Waals surface area (Å²) in [5.41, 5.74) is 3.09. The number of carbonyl (C=O) groups is 1. The van der Waals surface area contributed by atoms with Crippen LogP contribution in [0.5, 0.6) is 5.75 Å². The zero-order valence-electron chi connectivity index (χ0n) is 17.4. The van der Waals surface area contributed by atoms with E-state index < -0.39 is 0 Å². The standard InChI is InChI=1S/C22H26N4O2S/c1-15-10-9-11-16(2)20(15)28-14-19-23-24-22(29-17(3)21(27)25(4)5)26(19)18-12-7-6-8-13-18/h6-13,17H,14H2,1-5H3. The maximum absolute atomic E-state index is 12.3. The number of thioether (sulfide) groups is 1. The lowest BCUT2D eigenvalue weighted by atomic mass is 10.1. The van der Waals surface area contributed by atoms with Gasteiger partial charge in [-0.05, 0) is 44.0 Å². The average Bonchev–Trinajstić information content (AvgIpc) is 3.09. The summed E-state index contributed by atoms with van der Waals surface area (Å²) in [4.78, 5) is 13.9. The third kappa shape index (κ3) is 4.79. The van der Waals surface area contributed by atoms with Crippen LogP contribution >= 0.6 is 11.8 Å². The highest BCUT2D eigenvalue weighted by Crippen LogP contribution is 2.28. The molecule has 0 bridgehead atoms. The van der Waals surface area contributed by atoms with Crippen LogP contribution in [0.4, 0.5) is 0 Å². The highest BCUT2D eigenvalue weighted by Gasteiger charge is 2.22.